The molecule has 1 aliphatic heterocycles. The number of nitro groups is 1. The first-order chi connectivity index (χ1) is 19.7. The van der Waals surface area contributed by atoms with Crippen LogP contribution in [-0.2, 0) is 11.2 Å². The van der Waals surface area contributed by atoms with Gasteiger partial charge in [-0.1, -0.05) is 29.8 Å². The molecule has 1 aliphatic rings. The predicted octanol–water partition coefficient (Wildman–Crippen LogP) is 7.37. The van der Waals surface area contributed by atoms with Crippen molar-refractivity contribution in [2.45, 2.75) is 26.4 Å². The average Bonchev–Trinajstić information content (AvgIpc) is 3.49. The van der Waals surface area contributed by atoms with Crippen molar-refractivity contribution < 1.29 is 19.2 Å². The summed E-state index contributed by atoms with van der Waals surface area (Å²) in [7, 11) is 1.53. The second kappa shape index (κ2) is 12.1. The molecule has 1 amide bonds. The van der Waals surface area contributed by atoms with Gasteiger partial charge in [-0.2, -0.15) is 0 Å². The van der Waals surface area contributed by atoms with Crippen LogP contribution >= 0.6 is 23.4 Å². The number of nitro benzene ring substituents is 1. The first-order valence-electron chi connectivity index (χ1n) is 12.9. The third kappa shape index (κ3) is 6.23. The van der Waals surface area contributed by atoms with Gasteiger partial charge < -0.3 is 14.5 Å². The number of benzene rings is 3. The van der Waals surface area contributed by atoms with E-state index in [2.05, 4.69) is 9.98 Å². The summed E-state index contributed by atoms with van der Waals surface area (Å²) in [5.74, 6) is 0.704. The summed E-state index contributed by atoms with van der Waals surface area (Å²) in [5, 5.41) is 13.0. The topological polar surface area (TPSA) is 110 Å². The number of thioether (sulfide) groups is 1. The van der Waals surface area contributed by atoms with E-state index in [0.29, 0.717) is 50.8 Å². The van der Waals surface area contributed by atoms with Crippen LogP contribution < -0.4 is 9.47 Å². The Morgan fingerprint density at radius 3 is 2.63 bits per heavy atom. The Kier molecular flexibility index (Phi) is 8.32. The number of hydrogen-bond donors (Lipinski definition) is 1. The van der Waals surface area contributed by atoms with Gasteiger partial charge in [0, 0.05) is 35.8 Å². The van der Waals surface area contributed by atoms with Crippen LogP contribution in [0.5, 0.6) is 11.5 Å². The molecular weight excluding hydrogens is 564 g/mol. The number of rotatable bonds is 9. The van der Waals surface area contributed by atoms with Crippen molar-refractivity contribution in [3.05, 3.63) is 98.0 Å². The minimum Gasteiger partial charge on any atom is -0.493 e. The number of para-hydroxylation sites is 1. The molecule has 0 radical (unpaired) electrons. The summed E-state index contributed by atoms with van der Waals surface area (Å²) in [6.45, 7) is 4.19. The normalized spacial score (nSPS) is 15.4. The number of methoxy groups -OCH3 is 1. The van der Waals surface area contributed by atoms with E-state index >= 15 is 0 Å². The monoisotopic (exact) mass is 590 g/mol. The third-order valence-electron chi connectivity index (χ3n) is 6.36. The highest BCUT2D eigenvalue weighted by molar-refractivity contribution is 8.18. The standard InChI is InChI=1S/C30H27ClN4O5S/c1-18(2)40-28-24(31)14-19(15-26(28)39-3)16-27-29(36)34(13-12-20-17-32-25-7-5-4-6-23(20)25)30(41-27)33-21-8-10-22(11-9-21)35(37)38/h4-11,14-18,32H,12-13H2,1-3H3/b27-16-,33-30?. The second-order valence-electron chi connectivity index (χ2n) is 9.55. The zero-order valence-electron chi connectivity index (χ0n) is 22.6. The molecule has 1 saturated heterocycles. The highest BCUT2D eigenvalue weighted by Crippen LogP contribution is 2.40. The molecule has 0 aliphatic carbocycles. The van der Waals surface area contributed by atoms with Crippen LogP contribution in [0.4, 0.5) is 11.4 Å². The fourth-order valence-electron chi connectivity index (χ4n) is 4.44. The Balaban J connectivity index is 1.48. The number of non-ortho nitro benzene ring substituents is 1. The number of aromatic amines is 1. The molecule has 4 aromatic rings. The highest BCUT2D eigenvalue weighted by Gasteiger charge is 2.33. The summed E-state index contributed by atoms with van der Waals surface area (Å²) in [6, 6.07) is 17.4. The van der Waals surface area contributed by atoms with Crippen molar-refractivity contribution in [2.24, 2.45) is 4.99 Å². The van der Waals surface area contributed by atoms with Gasteiger partial charge in [0.25, 0.3) is 11.6 Å². The number of fused-ring (bicyclic) bond motifs is 1. The number of nitrogens with zero attached hydrogens (tertiary/aromatic N) is 3. The lowest BCUT2D eigenvalue weighted by molar-refractivity contribution is -0.384. The number of amides is 1. The average molecular weight is 591 g/mol. The fourth-order valence-corrected chi connectivity index (χ4v) is 5.73. The molecule has 0 saturated carbocycles. The molecular formula is C30H27ClN4O5S. The SMILES string of the molecule is COc1cc(/C=C2\SC(=Nc3ccc([N+](=O)[O-])cc3)N(CCc3c[nH]c4ccccc34)C2=O)cc(Cl)c1OC(C)C. The Bertz CT molecular complexity index is 1680. The molecule has 1 fully saturated rings. The van der Waals surface area contributed by atoms with Crippen molar-refractivity contribution in [1.29, 1.82) is 0 Å². The van der Waals surface area contributed by atoms with Gasteiger partial charge in [-0.15, -0.1) is 0 Å². The molecule has 0 atom stereocenters. The molecule has 0 spiro atoms. The number of hydrogen-bond acceptors (Lipinski definition) is 7. The molecule has 5 rings (SSSR count). The third-order valence-corrected chi connectivity index (χ3v) is 7.64. The molecule has 3 aromatic carbocycles. The van der Waals surface area contributed by atoms with Gasteiger partial charge in [0.05, 0.1) is 33.8 Å². The summed E-state index contributed by atoms with van der Waals surface area (Å²) < 4.78 is 11.3. The van der Waals surface area contributed by atoms with Crippen LogP contribution in [-0.4, -0.2) is 45.6 Å². The minimum absolute atomic E-state index is 0.0309. The van der Waals surface area contributed by atoms with Gasteiger partial charge >= 0.3 is 0 Å². The van der Waals surface area contributed by atoms with Crippen molar-refractivity contribution in [2.75, 3.05) is 13.7 Å². The van der Waals surface area contributed by atoms with Crippen LogP contribution in [0.25, 0.3) is 17.0 Å². The molecule has 41 heavy (non-hydrogen) atoms. The Morgan fingerprint density at radius 1 is 1.17 bits per heavy atom. The number of ether oxygens (including phenoxy) is 2. The van der Waals surface area contributed by atoms with Gasteiger partial charge in [0.1, 0.15) is 0 Å². The molecule has 0 unspecified atom stereocenters. The zero-order valence-corrected chi connectivity index (χ0v) is 24.2. The van der Waals surface area contributed by atoms with E-state index in [1.807, 2.05) is 44.3 Å². The largest absolute Gasteiger partial charge is 0.493 e. The van der Waals surface area contributed by atoms with E-state index in [0.717, 1.165) is 16.5 Å². The maximum Gasteiger partial charge on any atom is 0.269 e. The molecule has 210 valence electrons. The van der Waals surface area contributed by atoms with Crippen LogP contribution in [0.1, 0.15) is 25.0 Å². The van der Waals surface area contributed by atoms with Crippen LogP contribution in [0.15, 0.2) is 76.8 Å². The van der Waals surface area contributed by atoms with E-state index in [-0.39, 0.29) is 17.7 Å². The quantitative estimate of drug-likeness (QED) is 0.124. The predicted molar refractivity (Wildman–Crippen MR) is 163 cm³/mol. The molecule has 1 N–H and O–H groups in total. The summed E-state index contributed by atoms with van der Waals surface area (Å²) in [5.41, 5.74) is 3.26. The molecule has 0 bridgehead atoms. The van der Waals surface area contributed by atoms with E-state index < -0.39 is 4.92 Å². The van der Waals surface area contributed by atoms with Gasteiger partial charge in [-0.05, 0) is 79.6 Å². The van der Waals surface area contributed by atoms with Crippen molar-refractivity contribution in [1.82, 2.24) is 9.88 Å². The maximum atomic E-state index is 13.7. The van der Waals surface area contributed by atoms with E-state index in [1.54, 1.807) is 35.2 Å². The minimum atomic E-state index is -0.462. The Labute approximate surface area is 246 Å². The zero-order chi connectivity index (χ0) is 29.1. The fraction of sp³-hybridized carbons (Fsp3) is 0.200. The molecule has 11 heteroatoms. The number of nitrogens with one attached hydrogen (secondary N) is 1. The molecule has 9 nitrogen and oxygen atoms in total. The first kappa shape index (κ1) is 28.3. The second-order valence-corrected chi connectivity index (χ2v) is 11.0. The lowest BCUT2D eigenvalue weighted by Crippen LogP contribution is -2.31. The summed E-state index contributed by atoms with van der Waals surface area (Å²) >= 11 is 7.76. The number of H-pyrrole nitrogens is 1. The van der Waals surface area contributed by atoms with Gasteiger partial charge in [-0.3, -0.25) is 19.8 Å². The maximum absolute atomic E-state index is 13.7. The van der Waals surface area contributed by atoms with Crippen LogP contribution in [0, 0.1) is 10.1 Å². The number of amidine groups is 1. The number of carbonyl (C=O) groups excluding carboxylic acids is 1. The lowest BCUT2D eigenvalue weighted by Gasteiger charge is -2.16. The summed E-state index contributed by atoms with van der Waals surface area (Å²) in [4.78, 5) is 34.4. The summed E-state index contributed by atoms with van der Waals surface area (Å²) in [6.07, 6.45) is 4.21. The first-order valence-corrected chi connectivity index (χ1v) is 14.1. The number of carbonyl (C=O) groups is 1. The highest BCUT2D eigenvalue weighted by atomic mass is 35.5. The Hall–Kier alpha value is -4.28. The van der Waals surface area contributed by atoms with E-state index in [1.165, 1.54) is 31.0 Å². The van der Waals surface area contributed by atoms with E-state index in [4.69, 9.17) is 21.1 Å². The van der Waals surface area contributed by atoms with Crippen molar-refractivity contribution in [3.63, 3.8) is 0 Å². The van der Waals surface area contributed by atoms with Crippen molar-refractivity contribution >= 4 is 62.8 Å². The number of halogens is 1. The number of aliphatic imine (C=N–C) groups is 1. The smallest absolute Gasteiger partial charge is 0.269 e. The van der Waals surface area contributed by atoms with Gasteiger partial charge in [0.15, 0.2) is 16.7 Å². The molecule has 1 aromatic heterocycles. The van der Waals surface area contributed by atoms with Crippen LogP contribution in [0.3, 0.4) is 0 Å². The number of aromatic nitrogens is 1. The van der Waals surface area contributed by atoms with Gasteiger partial charge in [0.2, 0.25) is 0 Å². The van der Waals surface area contributed by atoms with Gasteiger partial charge in [-0.25, -0.2) is 4.99 Å². The van der Waals surface area contributed by atoms with Crippen LogP contribution in [0.2, 0.25) is 5.02 Å². The van der Waals surface area contributed by atoms with E-state index in [9.17, 15) is 14.9 Å². The van der Waals surface area contributed by atoms with Crippen molar-refractivity contribution in [3.8, 4) is 11.5 Å². The Morgan fingerprint density at radius 2 is 1.93 bits per heavy atom. The molecule has 2 heterocycles. The lowest BCUT2D eigenvalue weighted by atomic mass is 10.1.